The van der Waals surface area contributed by atoms with Crippen LogP contribution in [0.5, 0.6) is 0 Å². The van der Waals surface area contributed by atoms with Gasteiger partial charge in [0.05, 0.1) is 5.56 Å². The fraction of sp³-hybridized carbons (Fsp3) is 0.385. The lowest BCUT2D eigenvalue weighted by atomic mass is 9.97. The molecule has 0 saturated heterocycles. The van der Waals surface area contributed by atoms with Gasteiger partial charge in [0, 0.05) is 10.6 Å². The van der Waals surface area contributed by atoms with Crippen molar-refractivity contribution in [2.75, 3.05) is 12.0 Å². The minimum atomic E-state index is -4.37. The second kappa shape index (κ2) is 10.9. The summed E-state index contributed by atoms with van der Waals surface area (Å²) in [6.45, 7) is 11.1. The third kappa shape index (κ3) is 7.20. The van der Waals surface area contributed by atoms with Crippen molar-refractivity contribution in [3.05, 3.63) is 82.4 Å². The number of hydrogen-bond donors (Lipinski definition) is 1. The summed E-state index contributed by atoms with van der Waals surface area (Å²) in [6.07, 6.45) is 4.55. The standard InChI is InChI=1S/C14H18S.C12H14F3N/c1-11(15-2)13-9-8-12-6-4-3-5-7-14(12)10-13;1-7(2)4-9-5-8(3)11(16)6-10(9)12(13,14)15/h8-10H,1,3-7H2,2H3;5-6H,1,4,16H2,2-3H3. The highest BCUT2D eigenvalue weighted by Gasteiger charge is 2.33. The van der Waals surface area contributed by atoms with Crippen molar-refractivity contribution in [2.24, 2.45) is 0 Å². The van der Waals surface area contributed by atoms with Crippen molar-refractivity contribution >= 4 is 22.4 Å². The fourth-order valence-corrected chi connectivity index (χ4v) is 4.08. The van der Waals surface area contributed by atoms with Crippen LogP contribution in [-0.2, 0) is 25.4 Å². The van der Waals surface area contributed by atoms with E-state index in [2.05, 4.69) is 37.6 Å². The predicted molar refractivity (Wildman–Crippen MR) is 129 cm³/mol. The third-order valence-electron chi connectivity index (χ3n) is 5.46. The van der Waals surface area contributed by atoms with E-state index in [1.807, 2.05) is 0 Å². The van der Waals surface area contributed by atoms with Crippen molar-refractivity contribution in [3.63, 3.8) is 0 Å². The number of nitrogens with two attached hydrogens (primary N) is 1. The molecular formula is C26H32F3NS. The molecule has 2 N–H and O–H groups in total. The third-order valence-corrected chi connectivity index (χ3v) is 6.18. The molecule has 0 heterocycles. The van der Waals surface area contributed by atoms with Crippen LogP contribution in [-0.4, -0.2) is 6.26 Å². The second-order valence-corrected chi connectivity index (χ2v) is 9.07. The Labute approximate surface area is 188 Å². The van der Waals surface area contributed by atoms with Crippen molar-refractivity contribution < 1.29 is 13.2 Å². The van der Waals surface area contributed by atoms with Crippen LogP contribution >= 0.6 is 11.8 Å². The molecule has 0 aromatic heterocycles. The van der Waals surface area contributed by atoms with Gasteiger partial charge in [-0.2, -0.15) is 13.2 Å². The van der Waals surface area contributed by atoms with Gasteiger partial charge in [-0.15, -0.1) is 11.8 Å². The molecule has 1 nitrogen and oxygen atoms in total. The fourth-order valence-electron chi connectivity index (χ4n) is 3.72. The van der Waals surface area contributed by atoms with E-state index in [4.69, 9.17) is 5.73 Å². The normalized spacial score (nSPS) is 13.5. The van der Waals surface area contributed by atoms with Gasteiger partial charge in [0.2, 0.25) is 0 Å². The maximum Gasteiger partial charge on any atom is 0.416 e. The van der Waals surface area contributed by atoms with Crippen LogP contribution in [0.4, 0.5) is 18.9 Å². The number of allylic oxidation sites excluding steroid dienone is 1. The lowest BCUT2D eigenvalue weighted by Gasteiger charge is -2.15. The minimum Gasteiger partial charge on any atom is -0.399 e. The molecule has 0 unspecified atom stereocenters. The topological polar surface area (TPSA) is 26.0 Å². The Morgan fingerprint density at radius 3 is 2.26 bits per heavy atom. The van der Waals surface area contributed by atoms with E-state index in [9.17, 15) is 13.2 Å². The van der Waals surface area contributed by atoms with Gasteiger partial charge in [-0.25, -0.2) is 0 Å². The summed E-state index contributed by atoms with van der Waals surface area (Å²) in [4.78, 5) is 1.18. The van der Waals surface area contributed by atoms with Crippen molar-refractivity contribution in [1.82, 2.24) is 0 Å². The van der Waals surface area contributed by atoms with Crippen LogP contribution in [0.1, 0.15) is 59.6 Å². The monoisotopic (exact) mass is 447 g/mol. The molecule has 0 fully saturated rings. The first-order chi connectivity index (χ1) is 14.5. The molecule has 0 atom stereocenters. The summed E-state index contributed by atoms with van der Waals surface area (Å²) in [6, 6.07) is 9.35. The van der Waals surface area contributed by atoms with Crippen LogP contribution in [0, 0.1) is 6.92 Å². The van der Waals surface area contributed by atoms with Gasteiger partial charge >= 0.3 is 6.18 Å². The molecule has 2 aromatic carbocycles. The van der Waals surface area contributed by atoms with Crippen molar-refractivity contribution in [2.45, 2.75) is 58.5 Å². The summed E-state index contributed by atoms with van der Waals surface area (Å²) in [7, 11) is 0. The van der Waals surface area contributed by atoms with Gasteiger partial charge in [0.15, 0.2) is 0 Å². The number of nitrogen functional groups attached to an aromatic ring is 1. The van der Waals surface area contributed by atoms with Crippen LogP contribution in [0.15, 0.2) is 49.1 Å². The van der Waals surface area contributed by atoms with Crippen molar-refractivity contribution in [1.29, 1.82) is 0 Å². The summed E-state index contributed by atoms with van der Waals surface area (Å²) < 4.78 is 38.2. The van der Waals surface area contributed by atoms with E-state index in [1.165, 1.54) is 48.6 Å². The lowest BCUT2D eigenvalue weighted by molar-refractivity contribution is -0.138. The molecule has 3 rings (SSSR count). The number of thioether (sulfide) groups is 1. The van der Waals surface area contributed by atoms with E-state index in [0.717, 1.165) is 6.07 Å². The SMILES string of the molecule is C=C(C)Cc1cc(C)c(N)cc1C(F)(F)F.C=C(SC)c1ccc2c(c1)CCCCC2. The average Bonchev–Trinajstić information content (AvgIpc) is 2.94. The maximum absolute atomic E-state index is 12.7. The first-order valence-electron chi connectivity index (χ1n) is 10.5. The molecule has 168 valence electrons. The highest BCUT2D eigenvalue weighted by molar-refractivity contribution is 8.07. The summed E-state index contributed by atoms with van der Waals surface area (Å²) in [5.74, 6) is 0. The first-order valence-corrected chi connectivity index (χ1v) is 11.7. The molecule has 1 aliphatic rings. The number of alkyl halides is 3. The average molecular weight is 448 g/mol. The van der Waals surface area contributed by atoms with Gasteiger partial charge in [0.1, 0.15) is 0 Å². The highest BCUT2D eigenvalue weighted by atomic mass is 32.2. The van der Waals surface area contributed by atoms with Gasteiger partial charge < -0.3 is 5.73 Å². The maximum atomic E-state index is 12.7. The Balaban J connectivity index is 0.000000220. The van der Waals surface area contributed by atoms with E-state index in [1.54, 1.807) is 36.7 Å². The molecule has 5 heteroatoms. The Kier molecular flexibility index (Phi) is 8.87. The lowest BCUT2D eigenvalue weighted by Crippen LogP contribution is -2.11. The number of aryl methyl sites for hydroxylation is 3. The van der Waals surface area contributed by atoms with E-state index in [-0.39, 0.29) is 17.7 Å². The predicted octanol–water partition coefficient (Wildman–Crippen LogP) is 8.00. The second-order valence-electron chi connectivity index (χ2n) is 8.17. The first kappa shape index (κ1) is 25.1. The van der Waals surface area contributed by atoms with Crippen LogP contribution in [0.25, 0.3) is 4.91 Å². The highest BCUT2D eigenvalue weighted by Crippen LogP contribution is 2.35. The Hall–Kier alpha value is -2.14. The molecule has 1 aliphatic carbocycles. The summed E-state index contributed by atoms with van der Waals surface area (Å²) >= 11 is 1.74. The Morgan fingerprint density at radius 1 is 1.03 bits per heavy atom. The van der Waals surface area contributed by atoms with Gasteiger partial charge in [-0.1, -0.05) is 49.4 Å². The zero-order valence-electron chi connectivity index (χ0n) is 18.7. The molecule has 0 bridgehead atoms. The number of anilines is 1. The molecule has 0 aliphatic heterocycles. The Morgan fingerprint density at radius 2 is 1.68 bits per heavy atom. The van der Waals surface area contributed by atoms with E-state index >= 15 is 0 Å². The van der Waals surface area contributed by atoms with Crippen LogP contribution in [0.3, 0.4) is 0 Å². The summed E-state index contributed by atoms with van der Waals surface area (Å²) in [5, 5.41) is 0. The van der Waals surface area contributed by atoms with Gasteiger partial charge in [-0.05, 0) is 86.1 Å². The zero-order valence-corrected chi connectivity index (χ0v) is 19.5. The smallest absolute Gasteiger partial charge is 0.399 e. The van der Waals surface area contributed by atoms with Gasteiger partial charge in [-0.3, -0.25) is 0 Å². The number of hydrogen-bond acceptors (Lipinski definition) is 2. The van der Waals surface area contributed by atoms with Crippen LogP contribution < -0.4 is 5.73 Å². The number of rotatable bonds is 4. The van der Waals surface area contributed by atoms with E-state index in [0.29, 0.717) is 11.1 Å². The minimum absolute atomic E-state index is 0.165. The molecule has 31 heavy (non-hydrogen) atoms. The zero-order chi connectivity index (χ0) is 23.2. The van der Waals surface area contributed by atoms with Gasteiger partial charge in [0.25, 0.3) is 0 Å². The molecule has 2 aromatic rings. The summed E-state index contributed by atoms with van der Waals surface area (Å²) in [5.41, 5.74) is 11.0. The molecule has 0 radical (unpaired) electrons. The Bertz CT molecular complexity index is 944. The quantitative estimate of drug-likeness (QED) is 0.292. The number of halogens is 3. The molecule has 0 saturated carbocycles. The van der Waals surface area contributed by atoms with E-state index < -0.39 is 11.7 Å². The number of benzene rings is 2. The largest absolute Gasteiger partial charge is 0.416 e. The molecular weight excluding hydrogens is 415 g/mol. The van der Waals surface area contributed by atoms with Crippen molar-refractivity contribution in [3.8, 4) is 0 Å². The molecule has 0 amide bonds. The number of fused-ring (bicyclic) bond motifs is 1. The van der Waals surface area contributed by atoms with Crippen LogP contribution in [0.2, 0.25) is 0 Å². The molecule has 0 spiro atoms.